The zero-order valence-electron chi connectivity index (χ0n) is 13.7. The van der Waals surface area contributed by atoms with Gasteiger partial charge in [-0.25, -0.2) is 4.39 Å². The monoisotopic (exact) mass is 379 g/mol. The number of anilines is 1. The molecule has 0 bridgehead atoms. The minimum Gasteiger partial charge on any atom is -0.497 e. The van der Waals surface area contributed by atoms with Crippen LogP contribution in [0, 0.1) is 15.9 Å². The van der Waals surface area contributed by atoms with E-state index in [1.54, 1.807) is 6.07 Å². The Kier molecular flexibility index (Phi) is 6.02. The highest BCUT2D eigenvalue weighted by atomic mass is 32.1. The van der Waals surface area contributed by atoms with Crippen molar-refractivity contribution in [2.45, 2.75) is 0 Å². The van der Waals surface area contributed by atoms with Gasteiger partial charge >= 0.3 is 0 Å². The second-order valence-corrected chi connectivity index (χ2v) is 5.34. The fraction of sp³-hybridized carbons (Fsp3) is 0.125. The molecule has 136 valence electrons. The molecule has 0 unspecified atom stereocenters. The van der Waals surface area contributed by atoms with Crippen molar-refractivity contribution >= 4 is 34.6 Å². The molecule has 2 aromatic carbocycles. The van der Waals surface area contributed by atoms with Gasteiger partial charge < -0.3 is 14.8 Å². The third-order valence-corrected chi connectivity index (χ3v) is 3.45. The van der Waals surface area contributed by atoms with Gasteiger partial charge in [0.2, 0.25) is 0 Å². The molecule has 0 aromatic heterocycles. The van der Waals surface area contributed by atoms with Crippen molar-refractivity contribution in [2.24, 2.45) is 0 Å². The number of rotatable bonds is 5. The van der Waals surface area contributed by atoms with E-state index in [4.69, 9.17) is 21.7 Å². The molecular weight excluding hydrogens is 365 g/mol. The van der Waals surface area contributed by atoms with Gasteiger partial charge in [-0.3, -0.25) is 20.2 Å². The smallest absolute Gasteiger partial charge is 0.271 e. The van der Waals surface area contributed by atoms with Crippen molar-refractivity contribution in [3.63, 3.8) is 0 Å². The number of hydrogen-bond donors (Lipinski definition) is 2. The Balaban J connectivity index is 2.14. The Bertz CT molecular complexity index is 853. The maximum Gasteiger partial charge on any atom is 0.271 e. The molecule has 0 saturated carbocycles. The Morgan fingerprint density at radius 2 is 1.77 bits per heavy atom. The van der Waals surface area contributed by atoms with Gasteiger partial charge in [0, 0.05) is 23.8 Å². The SMILES string of the molecule is COc1cc(OC)cc(C(=O)NC(=S)Nc2cc([N+](=O)[O-])ccc2F)c1. The van der Waals surface area contributed by atoms with Gasteiger partial charge in [-0.05, 0) is 30.4 Å². The Hall–Kier alpha value is -3.27. The first-order valence-electron chi connectivity index (χ1n) is 7.13. The number of nitro groups is 1. The van der Waals surface area contributed by atoms with Crippen LogP contribution in [0.4, 0.5) is 15.8 Å². The molecule has 0 atom stereocenters. The normalized spacial score (nSPS) is 9.96. The molecule has 0 aliphatic heterocycles. The van der Waals surface area contributed by atoms with Gasteiger partial charge in [-0.2, -0.15) is 0 Å². The second-order valence-electron chi connectivity index (χ2n) is 4.93. The standard InChI is InChI=1S/C16H14FN3O5S/c1-24-11-5-9(6-12(8-11)25-2)15(21)19-16(26)18-14-7-10(20(22)23)3-4-13(14)17/h3-8H,1-2H3,(H2,18,19,21,26). The Morgan fingerprint density at radius 1 is 1.15 bits per heavy atom. The maximum absolute atomic E-state index is 13.8. The first kappa shape index (κ1) is 19.1. The van der Waals surface area contributed by atoms with Gasteiger partial charge in [0.05, 0.1) is 24.8 Å². The summed E-state index contributed by atoms with van der Waals surface area (Å²) < 4.78 is 23.9. The minimum atomic E-state index is -0.754. The summed E-state index contributed by atoms with van der Waals surface area (Å²) in [6.45, 7) is 0. The summed E-state index contributed by atoms with van der Waals surface area (Å²) in [6.07, 6.45) is 0. The van der Waals surface area contributed by atoms with E-state index >= 15 is 0 Å². The van der Waals surface area contributed by atoms with Crippen LogP contribution in [-0.4, -0.2) is 30.2 Å². The van der Waals surface area contributed by atoms with E-state index < -0.39 is 16.6 Å². The fourth-order valence-electron chi connectivity index (χ4n) is 1.99. The summed E-state index contributed by atoms with van der Waals surface area (Å²) in [7, 11) is 2.88. The highest BCUT2D eigenvalue weighted by molar-refractivity contribution is 7.80. The average Bonchev–Trinajstić information content (AvgIpc) is 2.62. The number of methoxy groups -OCH3 is 2. The maximum atomic E-state index is 13.8. The molecule has 0 spiro atoms. The van der Waals surface area contributed by atoms with E-state index in [0.717, 1.165) is 18.2 Å². The molecule has 2 N–H and O–H groups in total. The number of thiocarbonyl (C=S) groups is 1. The largest absolute Gasteiger partial charge is 0.497 e. The third-order valence-electron chi connectivity index (χ3n) is 3.25. The molecule has 0 saturated heterocycles. The molecule has 2 aromatic rings. The van der Waals surface area contributed by atoms with Crippen LogP contribution < -0.4 is 20.1 Å². The summed E-state index contributed by atoms with van der Waals surface area (Å²) >= 11 is 4.96. The predicted molar refractivity (Wildman–Crippen MR) is 96.3 cm³/mol. The number of nitrogens with one attached hydrogen (secondary N) is 2. The number of amides is 1. The molecule has 0 radical (unpaired) electrons. The number of ether oxygens (including phenoxy) is 2. The zero-order chi connectivity index (χ0) is 19.3. The topological polar surface area (TPSA) is 103 Å². The van der Waals surface area contributed by atoms with Crippen LogP contribution >= 0.6 is 12.2 Å². The van der Waals surface area contributed by atoms with E-state index in [9.17, 15) is 19.3 Å². The molecule has 26 heavy (non-hydrogen) atoms. The summed E-state index contributed by atoms with van der Waals surface area (Å²) in [5.74, 6) is -0.544. The van der Waals surface area contributed by atoms with Crippen LogP contribution in [0.5, 0.6) is 11.5 Å². The van der Waals surface area contributed by atoms with Crippen molar-refractivity contribution in [3.05, 3.63) is 57.9 Å². The van der Waals surface area contributed by atoms with Gasteiger partial charge in [0.15, 0.2) is 5.11 Å². The molecule has 0 aliphatic carbocycles. The fourth-order valence-corrected chi connectivity index (χ4v) is 2.19. The lowest BCUT2D eigenvalue weighted by atomic mass is 10.2. The van der Waals surface area contributed by atoms with E-state index in [2.05, 4.69) is 10.6 Å². The highest BCUT2D eigenvalue weighted by Crippen LogP contribution is 2.23. The van der Waals surface area contributed by atoms with Crippen molar-refractivity contribution in [1.82, 2.24) is 5.32 Å². The molecule has 8 nitrogen and oxygen atoms in total. The van der Waals surface area contributed by atoms with Crippen LogP contribution in [0.3, 0.4) is 0 Å². The third kappa shape index (κ3) is 4.63. The summed E-state index contributed by atoms with van der Waals surface area (Å²) in [4.78, 5) is 22.4. The summed E-state index contributed by atoms with van der Waals surface area (Å²) in [5, 5.41) is 15.3. The lowest BCUT2D eigenvalue weighted by molar-refractivity contribution is -0.384. The molecule has 0 heterocycles. The van der Waals surface area contributed by atoms with Crippen molar-refractivity contribution < 1.29 is 23.6 Å². The number of carbonyl (C=O) groups is 1. The predicted octanol–water partition coefficient (Wildman–Crippen LogP) is 2.88. The number of nitrogens with zero attached hydrogens (tertiary/aromatic N) is 1. The minimum absolute atomic E-state index is 0.199. The van der Waals surface area contributed by atoms with Gasteiger partial charge in [-0.15, -0.1) is 0 Å². The molecule has 1 amide bonds. The average molecular weight is 379 g/mol. The number of halogens is 1. The van der Waals surface area contributed by atoms with Crippen LogP contribution in [0.15, 0.2) is 36.4 Å². The number of hydrogen-bond acceptors (Lipinski definition) is 6. The van der Waals surface area contributed by atoms with E-state index in [1.165, 1.54) is 26.4 Å². The zero-order valence-corrected chi connectivity index (χ0v) is 14.6. The number of nitro benzene ring substituents is 1. The van der Waals surface area contributed by atoms with Crippen molar-refractivity contribution in [2.75, 3.05) is 19.5 Å². The van der Waals surface area contributed by atoms with Gasteiger partial charge in [-0.1, -0.05) is 0 Å². The van der Waals surface area contributed by atoms with E-state index in [-0.39, 0.29) is 22.1 Å². The van der Waals surface area contributed by atoms with Gasteiger partial charge in [0.25, 0.3) is 11.6 Å². The first-order valence-corrected chi connectivity index (χ1v) is 7.54. The molecule has 2 rings (SSSR count). The Morgan fingerprint density at radius 3 is 2.31 bits per heavy atom. The summed E-state index contributed by atoms with van der Waals surface area (Å²) in [6, 6.07) is 7.44. The number of non-ortho nitro benzene ring substituents is 1. The molecule has 0 fully saturated rings. The van der Waals surface area contributed by atoms with Crippen LogP contribution in [0.25, 0.3) is 0 Å². The second kappa shape index (κ2) is 8.21. The van der Waals surface area contributed by atoms with Crippen LogP contribution in [0.1, 0.15) is 10.4 Å². The van der Waals surface area contributed by atoms with Crippen LogP contribution in [0.2, 0.25) is 0 Å². The molecule has 0 aliphatic rings. The quantitative estimate of drug-likeness (QED) is 0.468. The molecular formula is C16H14FN3O5S. The number of benzene rings is 2. The van der Waals surface area contributed by atoms with Crippen LogP contribution in [-0.2, 0) is 0 Å². The molecule has 10 heteroatoms. The number of carbonyl (C=O) groups excluding carboxylic acids is 1. The van der Waals surface area contributed by atoms with E-state index in [0.29, 0.717) is 11.5 Å². The van der Waals surface area contributed by atoms with Gasteiger partial charge in [0.1, 0.15) is 17.3 Å². The van der Waals surface area contributed by atoms with Crippen molar-refractivity contribution in [3.8, 4) is 11.5 Å². The Labute approximate surface area is 153 Å². The lowest BCUT2D eigenvalue weighted by Gasteiger charge is -2.12. The summed E-state index contributed by atoms with van der Waals surface area (Å²) in [5.41, 5.74) is -0.349. The lowest BCUT2D eigenvalue weighted by Crippen LogP contribution is -2.34. The first-order chi connectivity index (χ1) is 12.3. The van der Waals surface area contributed by atoms with Crippen molar-refractivity contribution in [1.29, 1.82) is 0 Å². The van der Waals surface area contributed by atoms with E-state index in [1.807, 2.05) is 0 Å². The highest BCUT2D eigenvalue weighted by Gasteiger charge is 2.15.